The van der Waals surface area contributed by atoms with Crippen LogP contribution < -0.4 is 4.74 Å². The van der Waals surface area contributed by atoms with Crippen LogP contribution in [0.3, 0.4) is 0 Å². The molecule has 0 atom stereocenters. The molecular formula is C22H20F4N2O2S. The van der Waals surface area contributed by atoms with Crippen molar-refractivity contribution in [2.75, 3.05) is 7.11 Å². The number of aryl methyl sites for hydroxylation is 2. The molecule has 0 N–H and O–H groups in total. The number of alkyl halides is 4. The van der Waals surface area contributed by atoms with Crippen LogP contribution in [-0.4, -0.2) is 22.7 Å². The van der Waals surface area contributed by atoms with Crippen molar-refractivity contribution in [3.8, 4) is 5.75 Å². The molecule has 2 aromatic heterocycles. The smallest absolute Gasteiger partial charge is 0.282 e. The molecule has 4 nitrogen and oxygen atoms in total. The second kappa shape index (κ2) is 9.47. The lowest BCUT2D eigenvalue weighted by Crippen LogP contribution is -2.08. The van der Waals surface area contributed by atoms with Crippen LogP contribution in [0.1, 0.15) is 55.5 Å². The molecule has 0 spiro atoms. The minimum Gasteiger partial charge on any atom is -0.496 e. The molecule has 9 heteroatoms. The number of aromatic nitrogens is 2. The van der Waals surface area contributed by atoms with Crippen LogP contribution in [0.15, 0.2) is 36.4 Å². The molecule has 0 radical (unpaired) electrons. The Morgan fingerprint density at radius 3 is 2.48 bits per heavy atom. The van der Waals surface area contributed by atoms with Gasteiger partial charge in [-0.1, -0.05) is 12.1 Å². The predicted octanol–water partition coefficient (Wildman–Crippen LogP) is 6.39. The van der Waals surface area contributed by atoms with E-state index in [2.05, 4.69) is 5.10 Å². The van der Waals surface area contributed by atoms with Gasteiger partial charge in [0.25, 0.3) is 12.9 Å². The molecular weight excluding hydrogens is 432 g/mol. The number of halogens is 4. The zero-order valence-corrected chi connectivity index (χ0v) is 17.9. The maximum absolute atomic E-state index is 13.3. The number of hydrogen-bond acceptors (Lipinski definition) is 4. The van der Waals surface area contributed by atoms with Crippen LogP contribution in [0.25, 0.3) is 6.08 Å². The summed E-state index contributed by atoms with van der Waals surface area (Å²) < 4.78 is 58.6. The van der Waals surface area contributed by atoms with Gasteiger partial charge in [-0.05, 0) is 49.8 Å². The third-order valence-electron chi connectivity index (χ3n) is 4.64. The monoisotopic (exact) mass is 452 g/mol. The van der Waals surface area contributed by atoms with Crippen molar-refractivity contribution < 1.29 is 27.1 Å². The van der Waals surface area contributed by atoms with E-state index in [4.69, 9.17) is 4.74 Å². The number of allylic oxidation sites excluding steroid dienone is 1. The van der Waals surface area contributed by atoms with Gasteiger partial charge in [-0.15, -0.1) is 11.3 Å². The maximum Gasteiger partial charge on any atom is 0.282 e. The molecule has 0 amide bonds. The Morgan fingerprint density at radius 1 is 1.16 bits per heavy atom. The SMILES string of the molecule is COc1ccc(/C=C/C(=O)c2cc(C)sc2C)cc1Cn1nc(C(F)F)cc1C(F)F. The number of ether oxygens (including phenoxy) is 1. The Balaban J connectivity index is 1.89. The Labute approximate surface area is 180 Å². The largest absolute Gasteiger partial charge is 0.496 e. The van der Waals surface area contributed by atoms with E-state index in [0.29, 0.717) is 28.5 Å². The number of methoxy groups -OCH3 is 1. The van der Waals surface area contributed by atoms with Crippen molar-refractivity contribution in [1.82, 2.24) is 9.78 Å². The van der Waals surface area contributed by atoms with E-state index in [0.717, 1.165) is 14.4 Å². The first kappa shape index (κ1) is 22.7. The van der Waals surface area contributed by atoms with Gasteiger partial charge >= 0.3 is 0 Å². The van der Waals surface area contributed by atoms with Crippen molar-refractivity contribution in [2.45, 2.75) is 33.2 Å². The van der Waals surface area contributed by atoms with Crippen LogP contribution in [0.2, 0.25) is 0 Å². The highest BCUT2D eigenvalue weighted by Gasteiger charge is 2.22. The first-order valence-electron chi connectivity index (χ1n) is 9.30. The summed E-state index contributed by atoms with van der Waals surface area (Å²) in [7, 11) is 1.42. The number of benzene rings is 1. The van der Waals surface area contributed by atoms with Crippen LogP contribution in [0.4, 0.5) is 17.6 Å². The molecule has 0 fully saturated rings. The van der Waals surface area contributed by atoms with E-state index in [-0.39, 0.29) is 12.3 Å². The molecule has 164 valence electrons. The number of hydrogen-bond donors (Lipinski definition) is 0. The molecule has 3 rings (SSSR count). The minimum atomic E-state index is -2.95. The minimum absolute atomic E-state index is 0.146. The average Bonchev–Trinajstić information content (AvgIpc) is 3.29. The fourth-order valence-corrected chi connectivity index (χ4v) is 4.11. The molecule has 0 unspecified atom stereocenters. The zero-order chi connectivity index (χ0) is 22.7. The molecule has 0 aliphatic heterocycles. The van der Waals surface area contributed by atoms with E-state index in [1.807, 2.05) is 19.9 Å². The summed E-state index contributed by atoms with van der Waals surface area (Å²) in [5.41, 5.74) is 0.415. The fourth-order valence-electron chi connectivity index (χ4n) is 3.19. The molecule has 0 aliphatic carbocycles. The van der Waals surface area contributed by atoms with E-state index >= 15 is 0 Å². The van der Waals surface area contributed by atoms with Gasteiger partial charge in [-0.2, -0.15) is 5.10 Å². The second-order valence-corrected chi connectivity index (χ2v) is 8.31. The number of thiophene rings is 1. The lowest BCUT2D eigenvalue weighted by atomic mass is 10.1. The topological polar surface area (TPSA) is 44.1 Å². The third-order valence-corrected chi connectivity index (χ3v) is 5.60. The normalized spacial score (nSPS) is 11.8. The van der Waals surface area contributed by atoms with Gasteiger partial charge in [-0.25, -0.2) is 17.6 Å². The number of carbonyl (C=O) groups excluding carboxylic acids is 1. The number of ketones is 1. The van der Waals surface area contributed by atoms with Crippen molar-refractivity contribution in [3.05, 3.63) is 74.2 Å². The van der Waals surface area contributed by atoms with Gasteiger partial charge in [0.05, 0.1) is 13.7 Å². The third kappa shape index (κ3) is 5.22. The lowest BCUT2D eigenvalue weighted by Gasteiger charge is -2.12. The summed E-state index contributed by atoms with van der Waals surface area (Å²) in [6.45, 7) is 3.62. The summed E-state index contributed by atoms with van der Waals surface area (Å²) >= 11 is 1.54. The van der Waals surface area contributed by atoms with Gasteiger partial charge in [0.2, 0.25) is 0 Å². The highest BCUT2D eigenvalue weighted by molar-refractivity contribution is 7.12. The molecule has 0 saturated heterocycles. The molecule has 0 bridgehead atoms. The second-order valence-electron chi connectivity index (χ2n) is 6.85. The lowest BCUT2D eigenvalue weighted by molar-refractivity contribution is 0.104. The molecule has 0 saturated carbocycles. The highest BCUT2D eigenvalue weighted by atomic mass is 32.1. The standard InChI is InChI=1S/C22H20F4N2O2S/c1-12-8-16(13(2)31-12)19(29)6-4-14-5-7-20(30-3)15(9-14)11-28-18(22(25)26)10-17(27-28)21(23)24/h4-10,21-22H,11H2,1-3H3/b6-4+. The van der Waals surface area contributed by atoms with E-state index in [9.17, 15) is 22.4 Å². The van der Waals surface area contributed by atoms with E-state index in [1.54, 1.807) is 24.3 Å². The van der Waals surface area contributed by atoms with Gasteiger partial charge in [0, 0.05) is 20.9 Å². The van der Waals surface area contributed by atoms with Gasteiger partial charge < -0.3 is 4.74 Å². The zero-order valence-electron chi connectivity index (χ0n) is 17.0. The average molecular weight is 452 g/mol. The Hall–Kier alpha value is -2.94. The molecule has 2 heterocycles. The molecule has 0 aliphatic rings. The van der Waals surface area contributed by atoms with Gasteiger partial charge in [-0.3, -0.25) is 9.48 Å². The Bertz CT molecular complexity index is 1120. The first-order valence-corrected chi connectivity index (χ1v) is 10.1. The summed E-state index contributed by atoms with van der Waals surface area (Å²) in [6.07, 6.45) is -2.86. The van der Waals surface area contributed by atoms with Crippen LogP contribution in [0, 0.1) is 13.8 Å². The van der Waals surface area contributed by atoms with Crippen molar-refractivity contribution in [1.29, 1.82) is 0 Å². The fraction of sp³-hybridized carbons (Fsp3) is 0.273. The molecule has 1 aromatic carbocycles. The highest BCUT2D eigenvalue weighted by Crippen LogP contribution is 2.28. The summed E-state index contributed by atoms with van der Waals surface area (Å²) in [6, 6.07) is 7.51. The summed E-state index contributed by atoms with van der Waals surface area (Å²) in [4.78, 5) is 14.4. The van der Waals surface area contributed by atoms with Crippen LogP contribution in [-0.2, 0) is 6.54 Å². The van der Waals surface area contributed by atoms with Crippen molar-refractivity contribution in [3.63, 3.8) is 0 Å². The molecule has 31 heavy (non-hydrogen) atoms. The van der Waals surface area contributed by atoms with Crippen LogP contribution >= 0.6 is 11.3 Å². The summed E-state index contributed by atoms with van der Waals surface area (Å²) in [5, 5.41) is 3.62. The number of nitrogens with zero attached hydrogens (tertiary/aromatic N) is 2. The number of rotatable bonds is 8. The Morgan fingerprint density at radius 2 is 1.90 bits per heavy atom. The van der Waals surface area contributed by atoms with E-state index < -0.39 is 24.2 Å². The van der Waals surface area contributed by atoms with Gasteiger partial charge in [0.1, 0.15) is 17.1 Å². The van der Waals surface area contributed by atoms with Crippen LogP contribution in [0.5, 0.6) is 5.75 Å². The summed E-state index contributed by atoms with van der Waals surface area (Å²) in [5.74, 6) is 0.245. The predicted molar refractivity (Wildman–Crippen MR) is 111 cm³/mol. The van der Waals surface area contributed by atoms with Crippen molar-refractivity contribution >= 4 is 23.2 Å². The quantitative estimate of drug-likeness (QED) is 0.226. The number of carbonyl (C=O) groups is 1. The Kier molecular flexibility index (Phi) is 6.94. The van der Waals surface area contributed by atoms with Gasteiger partial charge in [0.15, 0.2) is 5.78 Å². The molecule has 3 aromatic rings. The first-order chi connectivity index (χ1) is 14.7. The van der Waals surface area contributed by atoms with E-state index in [1.165, 1.54) is 24.5 Å². The van der Waals surface area contributed by atoms with Crippen molar-refractivity contribution in [2.24, 2.45) is 0 Å². The maximum atomic E-state index is 13.3.